The van der Waals surface area contributed by atoms with Crippen LogP contribution in [0.25, 0.3) is 0 Å². The first-order valence-electron chi connectivity index (χ1n) is 6.61. The van der Waals surface area contributed by atoms with Crippen molar-refractivity contribution >= 4 is 40.8 Å². The van der Waals surface area contributed by atoms with Crippen molar-refractivity contribution in [1.82, 2.24) is 0 Å². The molecule has 0 heterocycles. The van der Waals surface area contributed by atoms with E-state index in [0.29, 0.717) is 27.8 Å². The standard InChI is InChI=1S/C15H13Cl2N3O4/c1-23-14-9(7-12(16)15(24-2)13(14)17)8-18-19-10-3-5-11(6-4-10)20(21)22/h3-8,19H,1-2H3/b18-8+. The van der Waals surface area contributed by atoms with Crippen molar-refractivity contribution in [3.05, 3.63) is 56.1 Å². The third-order valence-electron chi connectivity index (χ3n) is 3.04. The van der Waals surface area contributed by atoms with E-state index in [1.165, 1.54) is 32.6 Å². The largest absolute Gasteiger partial charge is 0.494 e. The summed E-state index contributed by atoms with van der Waals surface area (Å²) in [6, 6.07) is 7.44. The zero-order valence-electron chi connectivity index (χ0n) is 12.7. The lowest BCUT2D eigenvalue weighted by Crippen LogP contribution is -1.97. The Hall–Kier alpha value is -2.51. The highest BCUT2D eigenvalue weighted by Crippen LogP contribution is 2.41. The third kappa shape index (κ3) is 3.87. The number of benzene rings is 2. The van der Waals surface area contributed by atoms with Crippen LogP contribution < -0.4 is 14.9 Å². The summed E-state index contributed by atoms with van der Waals surface area (Å²) in [7, 11) is 2.92. The van der Waals surface area contributed by atoms with Gasteiger partial charge in [-0.25, -0.2) is 0 Å². The smallest absolute Gasteiger partial charge is 0.269 e. The summed E-state index contributed by atoms with van der Waals surface area (Å²) < 4.78 is 10.4. The Morgan fingerprint density at radius 2 is 1.79 bits per heavy atom. The first kappa shape index (κ1) is 17.8. The molecule has 0 aliphatic carbocycles. The summed E-state index contributed by atoms with van der Waals surface area (Å²) in [6.45, 7) is 0. The summed E-state index contributed by atoms with van der Waals surface area (Å²) >= 11 is 12.3. The highest BCUT2D eigenvalue weighted by Gasteiger charge is 2.16. The van der Waals surface area contributed by atoms with E-state index in [4.69, 9.17) is 32.7 Å². The molecule has 126 valence electrons. The Kier molecular flexibility index (Phi) is 5.83. The number of hydrogen-bond donors (Lipinski definition) is 1. The van der Waals surface area contributed by atoms with Crippen molar-refractivity contribution in [2.24, 2.45) is 5.10 Å². The number of hydrogen-bond acceptors (Lipinski definition) is 6. The van der Waals surface area contributed by atoms with Crippen LogP contribution in [-0.2, 0) is 0 Å². The van der Waals surface area contributed by atoms with Gasteiger partial charge in [-0.2, -0.15) is 5.10 Å². The highest BCUT2D eigenvalue weighted by atomic mass is 35.5. The minimum atomic E-state index is -0.473. The number of nitrogens with one attached hydrogen (secondary N) is 1. The quantitative estimate of drug-likeness (QED) is 0.464. The molecule has 0 aliphatic heterocycles. The van der Waals surface area contributed by atoms with Gasteiger partial charge in [0.05, 0.1) is 36.1 Å². The molecule has 0 bridgehead atoms. The van der Waals surface area contributed by atoms with Crippen LogP contribution in [0.3, 0.4) is 0 Å². The zero-order valence-corrected chi connectivity index (χ0v) is 14.3. The molecule has 7 nitrogen and oxygen atoms in total. The van der Waals surface area contributed by atoms with E-state index in [1.807, 2.05) is 0 Å². The minimum absolute atomic E-state index is 0.0000770. The second-order valence-corrected chi connectivity index (χ2v) is 5.29. The number of ether oxygens (including phenoxy) is 2. The first-order chi connectivity index (χ1) is 11.5. The van der Waals surface area contributed by atoms with Gasteiger partial charge < -0.3 is 9.47 Å². The molecule has 0 fully saturated rings. The van der Waals surface area contributed by atoms with Gasteiger partial charge in [-0.3, -0.25) is 15.5 Å². The van der Waals surface area contributed by atoms with Crippen molar-refractivity contribution in [3.8, 4) is 11.5 Å². The van der Waals surface area contributed by atoms with Crippen molar-refractivity contribution in [1.29, 1.82) is 0 Å². The van der Waals surface area contributed by atoms with Crippen LogP contribution in [0.4, 0.5) is 11.4 Å². The number of nitro benzene ring substituents is 1. The van der Waals surface area contributed by atoms with Crippen molar-refractivity contribution in [2.45, 2.75) is 0 Å². The molecule has 0 unspecified atom stereocenters. The molecule has 0 spiro atoms. The Balaban J connectivity index is 2.21. The fraction of sp³-hybridized carbons (Fsp3) is 0.133. The van der Waals surface area contributed by atoms with Crippen LogP contribution in [0, 0.1) is 10.1 Å². The second kappa shape index (κ2) is 7.85. The van der Waals surface area contributed by atoms with Crippen LogP contribution in [0.1, 0.15) is 5.56 Å². The average molecular weight is 370 g/mol. The van der Waals surface area contributed by atoms with E-state index in [9.17, 15) is 10.1 Å². The van der Waals surface area contributed by atoms with Gasteiger partial charge in [0.25, 0.3) is 5.69 Å². The molecule has 0 saturated carbocycles. The molecule has 0 saturated heterocycles. The summed E-state index contributed by atoms with van der Waals surface area (Å²) in [6.07, 6.45) is 1.47. The summed E-state index contributed by atoms with van der Waals surface area (Å²) in [5.41, 5.74) is 3.88. The SMILES string of the molecule is COc1c(Cl)cc(/C=N/Nc2ccc([N+](=O)[O-])cc2)c(OC)c1Cl. The highest BCUT2D eigenvalue weighted by molar-refractivity contribution is 6.38. The molecule has 9 heteroatoms. The molecule has 0 aromatic heterocycles. The lowest BCUT2D eigenvalue weighted by molar-refractivity contribution is -0.384. The van der Waals surface area contributed by atoms with Gasteiger partial charge in [0, 0.05) is 17.7 Å². The number of hydrazone groups is 1. The van der Waals surface area contributed by atoms with Gasteiger partial charge in [0.15, 0.2) is 5.75 Å². The molecule has 2 aromatic rings. The van der Waals surface area contributed by atoms with E-state index in [2.05, 4.69) is 10.5 Å². The van der Waals surface area contributed by atoms with Gasteiger partial charge in [-0.05, 0) is 18.2 Å². The molecule has 0 radical (unpaired) electrons. The monoisotopic (exact) mass is 369 g/mol. The predicted molar refractivity (Wildman–Crippen MR) is 93.9 cm³/mol. The number of methoxy groups -OCH3 is 2. The van der Waals surface area contributed by atoms with E-state index in [0.717, 1.165) is 0 Å². The molecular formula is C15H13Cl2N3O4. The van der Waals surface area contributed by atoms with Gasteiger partial charge >= 0.3 is 0 Å². The summed E-state index contributed by atoms with van der Waals surface area (Å²) in [5.74, 6) is 0.683. The molecule has 2 rings (SSSR count). The fourth-order valence-corrected chi connectivity index (χ4v) is 2.63. The molecule has 0 aliphatic rings. The molecule has 2 aromatic carbocycles. The number of anilines is 1. The lowest BCUT2D eigenvalue weighted by Gasteiger charge is -2.12. The maximum atomic E-state index is 10.6. The second-order valence-electron chi connectivity index (χ2n) is 4.50. The van der Waals surface area contributed by atoms with E-state index >= 15 is 0 Å². The molecule has 24 heavy (non-hydrogen) atoms. The lowest BCUT2D eigenvalue weighted by atomic mass is 10.2. The van der Waals surface area contributed by atoms with Crippen molar-refractivity contribution in [3.63, 3.8) is 0 Å². The molecule has 0 atom stereocenters. The van der Waals surface area contributed by atoms with E-state index < -0.39 is 4.92 Å². The maximum absolute atomic E-state index is 10.6. The Bertz CT molecular complexity index is 779. The summed E-state index contributed by atoms with van der Waals surface area (Å²) in [4.78, 5) is 10.1. The predicted octanol–water partition coefficient (Wildman–Crippen LogP) is 4.36. The van der Waals surface area contributed by atoms with Gasteiger partial charge in [0.1, 0.15) is 10.8 Å². The van der Waals surface area contributed by atoms with Crippen LogP contribution in [0.2, 0.25) is 10.0 Å². The zero-order chi connectivity index (χ0) is 17.7. The number of non-ortho nitro benzene ring substituents is 1. The Labute approximate surface area is 147 Å². The molecule has 1 N–H and O–H groups in total. The first-order valence-corrected chi connectivity index (χ1v) is 7.37. The van der Waals surface area contributed by atoms with Gasteiger partial charge in [0.2, 0.25) is 0 Å². The third-order valence-corrected chi connectivity index (χ3v) is 3.67. The van der Waals surface area contributed by atoms with Crippen LogP contribution in [0.15, 0.2) is 35.4 Å². The normalized spacial score (nSPS) is 10.7. The van der Waals surface area contributed by atoms with E-state index in [1.54, 1.807) is 18.2 Å². The fourth-order valence-electron chi connectivity index (χ4n) is 1.93. The summed E-state index contributed by atoms with van der Waals surface area (Å²) in [5, 5.41) is 15.2. The van der Waals surface area contributed by atoms with E-state index in [-0.39, 0.29) is 10.7 Å². The van der Waals surface area contributed by atoms with Crippen LogP contribution >= 0.6 is 23.2 Å². The van der Waals surface area contributed by atoms with Gasteiger partial charge in [-0.15, -0.1) is 0 Å². The number of halogens is 2. The maximum Gasteiger partial charge on any atom is 0.269 e. The molecule has 0 amide bonds. The molecular weight excluding hydrogens is 357 g/mol. The van der Waals surface area contributed by atoms with Crippen molar-refractivity contribution in [2.75, 3.05) is 19.6 Å². The number of nitro groups is 1. The average Bonchev–Trinajstić information content (AvgIpc) is 2.55. The van der Waals surface area contributed by atoms with Crippen LogP contribution in [-0.4, -0.2) is 25.4 Å². The Morgan fingerprint density at radius 1 is 1.17 bits per heavy atom. The van der Waals surface area contributed by atoms with Crippen molar-refractivity contribution < 1.29 is 14.4 Å². The minimum Gasteiger partial charge on any atom is -0.494 e. The number of rotatable bonds is 6. The van der Waals surface area contributed by atoms with Crippen LogP contribution in [0.5, 0.6) is 11.5 Å². The number of nitrogens with zero attached hydrogens (tertiary/aromatic N) is 2. The Morgan fingerprint density at radius 3 is 2.33 bits per heavy atom. The topological polar surface area (TPSA) is 86.0 Å². The van der Waals surface area contributed by atoms with Gasteiger partial charge in [-0.1, -0.05) is 23.2 Å².